The highest BCUT2D eigenvalue weighted by Gasteiger charge is 2.24. The molecular weight excluding hydrogens is 413 g/mol. The third-order valence-electron chi connectivity index (χ3n) is 3.18. The molecule has 0 N–H and O–H groups in total. The van der Waals surface area contributed by atoms with Gasteiger partial charge in [-0.15, -0.1) is 0 Å². The molecule has 0 spiro atoms. The average Bonchev–Trinajstić information content (AvgIpc) is 2.83. The topological polar surface area (TPSA) is 38.7 Å². The first-order valence-corrected chi connectivity index (χ1v) is 8.03. The Hall–Kier alpha value is -1.66. The summed E-state index contributed by atoms with van der Waals surface area (Å²) in [4.78, 5) is 16.3. The van der Waals surface area contributed by atoms with E-state index in [2.05, 4.69) is 27.6 Å². The van der Waals surface area contributed by atoms with Gasteiger partial charge >= 0.3 is 5.97 Å². The number of aryl methyl sites for hydroxylation is 1. The summed E-state index contributed by atoms with van der Waals surface area (Å²) in [7, 11) is 0. The number of esters is 1. The van der Waals surface area contributed by atoms with Gasteiger partial charge in [-0.05, 0) is 77.0 Å². The molecule has 110 valence electrons. The smallest absolute Gasteiger partial charge is 0.363 e. The number of ether oxygens (including phenoxy) is 1. The predicted octanol–water partition coefficient (Wildman–Crippen LogP) is 4.60. The van der Waals surface area contributed by atoms with Crippen molar-refractivity contribution in [3.8, 4) is 0 Å². The minimum Gasteiger partial charge on any atom is -0.402 e. The molecule has 0 fully saturated rings. The second-order valence-electron chi connectivity index (χ2n) is 4.86. The molecule has 5 heteroatoms. The van der Waals surface area contributed by atoms with Crippen LogP contribution in [-0.2, 0) is 9.53 Å². The molecule has 0 aromatic heterocycles. The Morgan fingerprint density at radius 2 is 2.05 bits per heavy atom. The number of cyclic esters (lactones) is 1. The van der Waals surface area contributed by atoms with Gasteiger partial charge in [-0.25, -0.2) is 9.79 Å². The molecule has 2 aromatic rings. The van der Waals surface area contributed by atoms with Crippen molar-refractivity contribution in [1.29, 1.82) is 0 Å². The van der Waals surface area contributed by atoms with Crippen LogP contribution in [0, 0.1) is 10.5 Å². The average molecular weight is 424 g/mol. The fourth-order valence-electron chi connectivity index (χ4n) is 2.06. The van der Waals surface area contributed by atoms with E-state index in [1.165, 1.54) is 0 Å². The van der Waals surface area contributed by atoms with Gasteiger partial charge < -0.3 is 4.74 Å². The number of halogens is 2. The highest BCUT2D eigenvalue weighted by atomic mass is 127. The zero-order valence-electron chi connectivity index (χ0n) is 11.6. The minimum atomic E-state index is -0.453. The van der Waals surface area contributed by atoms with Crippen molar-refractivity contribution in [1.82, 2.24) is 0 Å². The van der Waals surface area contributed by atoms with Gasteiger partial charge in [0.25, 0.3) is 0 Å². The minimum absolute atomic E-state index is 0.272. The zero-order chi connectivity index (χ0) is 15.7. The number of carbonyl (C=O) groups excluding carboxylic acids is 1. The summed E-state index contributed by atoms with van der Waals surface area (Å²) in [6, 6.07) is 13.0. The fourth-order valence-corrected chi connectivity index (χ4v) is 2.60. The van der Waals surface area contributed by atoms with Crippen LogP contribution in [0.15, 0.2) is 53.2 Å². The summed E-state index contributed by atoms with van der Waals surface area (Å²) in [5.41, 5.74) is 2.99. The van der Waals surface area contributed by atoms with Crippen molar-refractivity contribution in [2.75, 3.05) is 0 Å². The van der Waals surface area contributed by atoms with E-state index < -0.39 is 5.97 Å². The molecule has 3 rings (SSSR count). The van der Waals surface area contributed by atoms with Crippen LogP contribution in [0.5, 0.6) is 0 Å². The zero-order valence-corrected chi connectivity index (χ0v) is 14.6. The standard InChI is InChI=1S/C17H11ClINO2/c1-10-7-12(5-6-14(10)19)16-20-15(17(21)22-16)9-11-3-2-4-13(18)8-11/h2-9H,1H3/b15-9-. The lowest BCUT2D eigenvalue weighted by molar-refractivity contribution is -0.129. The van der Waals surface area contributed by atoms with Crippen molar-refractivity contribution in [2.24, 2.45) is 4.99 Å². The van der Waals surface area contributed by atoms with Gasteiger partial charge in [0, 0.05) is 14.2 Å². The third-order valence-corrected chi connectivity index (χ3v) is 4.62. The van der Waals surface area contributed by atoms with E-state index in [0.29, 0.717) is 10.9 Å². The van der Waals surface area contributed by atoms with E-state index in [1.54, 1.807) is 18.2 Å². The number of hydrogen-bond donors (Lipinski definition) is 0. The molecule has 22 heavy (non-hydrogen) atoms. The Kier molecular flexibility index (Phi) is 4.31. The van der Waals surface area contributed by atoms with Crippen LogP contribution < -0.4 is 0 Å². The van der Waals surface area contributed by atoms with Crippen LogP contribution >= 0.6 is 34.2 Å². The first kappa shape index (κ1) is 15.2. The van der Waals surface area contributed by atoms with Crippen molar-refractivity contribution in [2.45, 2.75) is 6.92 Å². The predicted molar refractivity (Wildman–Crippen MR) is 96.0 cm³/mol. The van der Waals surface area contributed by atoms with Crippen LogP contribution in [0.1, 0.15) is 16.7 Å². The van der Waals surface area contributed by atoms with Gasteiger partial charge in [-0.1, -0.05) is 23.7 Å². The van der Waals surface area contributed by atoms with Crippen molar-refractivity contribution < 1.29 is 9.53 Å². The first-order chi connectivity index (χ1) is 10.5. The second kappa shape index (κ2) is 6.22. The Labute approximate surface area is 146 Å². The number of aliphatic imine (C=N–C) groups is 1. The van der Waals surface area contributed by atoms with E-state index in [4.69, 9.17) is 16.3 Å². The van der Waals surface area contributed by atoms with Crippen molar-refractivity contribution >= 4 is 52.1 Å². The lowest BCUT2D eigenvalue weighted by Gasteiger charge is -2.02. The summed E-state index contributed by atoms with van der Waals surface area (Å²) < 4.78 is 6.42. The molecule has 0 unspecified atom stereocenters. The molecule has 0 saturated heterocycles. The van der Waals surface area contributed by atoms with Gasteiger partial charge in [-0.3, -0.25) is 0 Å². The van der Waals surface area contributed by atoms with E-state index >= 15 is 0 Å². The fraction of sp³-hybridized carbons (Fsp3) is 0.0588. The summed E-state index contributed by atoms with van der Waals surface area (Å²) in [6.45, 7) is 2.01. The van der Waals surface area contributed by atoms with Crippen LogP contribution in [0.25, 0.3) is 6.08 Å². The highest BCUT2D eigenvalue weighted by molar-refractivity contribution is 14.1. The molecular formula is C17H11ClINO2. The molecule has 1 aliphatic rings. The molecule has 0 bridgehead atoms. The number of nitrogens with zero attached hydrogens (tertiary/aromatic N) is 1. The maximum absolute atomic E-state index is 12.0. The quantitative estimate of drug-likeness (QED) is 0.402. The summed E-state index contributed by atoms with van der Waals surface area (Å²) in [5.74, 6) is -0.121. The monoisotopic (exact) mass is 423 g/mol. The Morgan fingerprint density at radius 1 is 1.23 bits per heavy atom. The largest absolute Gasteiger partial charge is 0.402 e. The Balaban J connectivity index is 1.96. The van der Waals surface area contributed by atoms with Crippen LogP contribution in [-0.4, -0.2) is 11.9 Å². The van der Waals surface area contributed by atoms with Gasteiger partial charge in [0.1, 0.15) is 0 Å². The molecule has 1 heterocycles. The van der Waals surface area contributed by atoms with Gasteiger partial charge in [0.05, 0.1) is 0 Å². The van der Waals surface area contributed by atoms with Crippen LogP contribution in [0.2, 0.25) is 5.02 Å². The van der Waals surface area contributed by atoms with E-state index in [0.717, 1.165) is 20.3 Å². The van der Waals surface area contributed by atoms with Gasteiger partial charge in [0.2, 0.25) is 5.90 Å². The Bertz CT molecular complexity index is 827. The second-order valence-corrected chi connectivity index (χ2v) is 6.45. The first-order valence-electron chi connectivity index (χ1n) is 6.57. The van der Waals surface area contributed by atoms with E-state index in [9.17, 15) is 4.79 Å². The normalized spacial score (nSPS) is 15.9. The molecule has 1 aliphatic heterocycles. The van der Waals surface area contributed by atoms with Gasteiger partial charge in [-0.2, -0.15) is 0 Å². The van der Waals surface area contributed by atoms with E-state index in [1.807, 2.05) is 37.3 Å². The molecule has 0 amide bonds. The third kappa shape index (κ3) is 3.23. The summed E-state index contributed by atoms with van der Waals surface area (Å²) in [6.07, 6.45) is 1.67. The van der Waals surface area contributed by atoms with Crippen molar-refractivity contribution in [3.05, 3.63) is 73.4 Å². The van der Waals surface area contributed by atoms with Crippen molar-refractivity contribution in [3.63, 3.8) is 0 Å². The molecule has 0 saturated carbocycles. The number of rotatable bonds is 2. The number of hydrogen-bond acceptors (Lipinski definition) is 3. The number of carbonyl (C=O) groups is 1. The molecule has 0 radical (unpaired) electrons. The maximum Gasteiger partial charge on any atom is 0.363 e. The molecule has 0 aliphatic carbocycles. The SMILES string of the molecule is Cc1cc(C2=N/C(=C\c3cccc(Cl)c3)C(=O)O2)ccc1I. The lowest BCUT2D eigenvalue weighted by atomic mass is 10.1. The molecule has 0 atom stereocenters. The number of benzene rings is 2. The van der Waals surface area contributed by atoms with Crippen LogP contribution in [0.4, 0.5) is 0 Å². The van der Waals surface area contributed by atoms with Crippen LogP contribution in [0.3, 0.4) is 0 Å². The highest BCUT2D eigenvalue weighted by Crippen LogP contribution is 2.22. The van der Waals surface area contributed by atoms with Gasteiger partial charge in [0.15, 0.2) is 5.70 Å². The molecule has 3 nitrogen and oxygen atoms in total. The Morgan fingerprint density at radius 3 is 2.77 bits per heavy atom. The maximum atomic E-state index is 12.0. The summed E-state index contributed by atoms with van der Waals surface area (Å²) in [5, 5.41) is 0.609. The molecule has 2 aromatic carbocycles. The van der Waals surface area contributed by atoms with E-state index in [-0.39, 0.29) is 5.70 Å². The summed E-state index contributed by atoms with van der Waals surface area (Å²) >= 11 is 8.20. The lowest BCUT2D eigenvalue weighted by Crippen LogP contribution is -2.05.